The number of hydrogen-bond donors (Lipinski definition) is 0. The van der Waals surface area contributed by atoms with Gasteiger partial charge in [-0.1, -0.05) is 35.3 Å². The summed E-state index contributed by atoms with van der Waals surface area (Å²) in [7, 11) is 2.78. The van der Waals surface area contributed by atoms with E-state index < -0.39 is 5.97 Å². The zero-order valence-electron chi connectivity index (χ0n) is 18.1. The minimum Gasteiger partial charge on any atom is -0.493 e. The molecule has 0 saturated carbocycles. The van der Waals surface area contributed by atoms with Crippen molar-refractivity contribution in [1.82, 2.24) is 9.66 Å². The number of rotatable bonds is 9. The van der Waals surface area contributed by atoms with Gasteiger partial charge in [0.25, 0.3) is 5.56 Å². The number of methoxy groups -OCH3 is 2. The van der Waals surface area contributed by atoms with Crippen LogP contribution in [-0.4, -0.2) is 42.7 Å². The number of esters is 1. The first-order valence-electron chi connectivity index (χ1n) is 10.1. The van der Waals surface area contributed by atoms with E-state index in [1.165, 1.54) is 25.1 Å². The number of fused-ring (bicyclic) bond motifs is 1. The van der Waals surface area contributed by atoms with Crippen LogP contribution >= 0.6 is 15.9 Å². The van der Waals surface area contributed by atoms with Gasteiger partial charge in [-0.15, -0.1) is 0 Å². The zero-order chi connectivity index (χ0) is 23.1. The Labute approximate surface area is 194 Å². The van der Waals surface area contributed by atoms with Crippen molar-refractivity contribution < 1.29 is 19.0 Å². The van der Waals surface area contributed by atoms with Crippen LogP contribution in [0.25, 0.3) is 10.9 Å². The Bertz CT molecular complexity index is 1210. The van der Waals surface area contributed by atoms with E-state index in [1.54, 1.807) is 24.3 Å². The SMILES string of the molecule is CCCCc1nc2ccc(Br)cc2c(=O)n1N=Cc1cccc(OC)c1OCC(=O)OC. The maximum atomic E-state index is 13.2. The van der Waals surface area contributed by atoms with Gasteiger partial charge in [-0.3, -0.25) is 4.79 Å². The van der Waals surface area contributed by atoms with Crippen LogP contribution in [0.5, 0.6) is 11.5 Å². The first kappa shape index (κ1) is 23.5. The standard InChI is InChI=1S/C23H24BrN3O5/c1-4-5-9-20-26-18-11-10-16(24)12-17(18)23(29)27(20)25-13-15-7-6-8-19(30-2)22(15)32-14-21(28)31-3/h6-8,10-13H,4-5,9,14H2,1-3H3. The third-order valence-corrected chi connectivity index (χ3v) is 5.23. The lowest BCUT2D eigenvalue weighted by atomic mass is 10.2. The van der Waals surface area contributed by atoms with Gasteiger partial charge in [0.15, 0.2) is 18.1 Å². The van der Waals surface area contributed by atoms with Gasteiger partial charge >= 0.3 is 5.97 Å². The fraction of sp³-hybridized carbons (Fsp3) is 0.304. The van der Waals surface area contributed by atoms with Gasteiger partial charge < -0.3 is 14.2 Å². The number of aromatic nitrogens is 2. The summed E-state index contributed by atoms with van der Waals surface area (Å²) in [6.07, 6.45) is 3.94. The molecule has 8 nitrogen and oxygen atoms in total. The normalized spacial score (nSPS) is 11.1. The molecule has 0 N–H and O–H groups in total. The molecule has 1 aromatic heterocycles. The maximum absolute atomic E-state index is 13.2. The van der Waals surface area contributed by atoms with E-state index in [9.17, 15) is 9.59 Å². The summed E-state index contributed by atoms with van der Waals surface area (Å²) in [6, 6.07) is 10.6. The quantitative estimate of drug-likeness (QED) is 0.325. The van der Waals surface area contributed by atoms with Crippen LogP contribution in [0.1, 0.15) is 31.2 Å². The molecule has 0 spiro atoms. The second-order valence-electron chi connectivity index (χ2n) is 6.90. The molecule has 0 amide bonds. The molecule has 9 heteroatoms. The van der Waals surface area contributed by atoms with E-state index in [2.05, 4.69) is 37.7 Å². The van der Waals surface area contributed by atoms with Gasteiger partial charge in [-0.25, -0.2) is 9.78 Å². The number of ether oxygens (including phenoxy) is 3. The van der Waals surface area contributed by atoms with E-state index in [-0.39, 0.29) is 12.2 Å². The molecular formula is C23H24BrN3O5. The number of carbonyl (C=O) groups is 1. The fourth-order valence-electron chi connectivity index (χ4n) is 3.07. The van der Waals surface area contributed by atoms with Crippen LogP contribution in [0.3, 0.4) is 0 Å². The predicted molar refractivity (Wildman–Crippen MR) is 126 cm³/mol. The fourth-order valence-corrected chi connectivity index (χ4v) is 3.43. The van der Waals surface area contributed by atoms with Crippen molar-refractivity contribution in [3.63, 3.8) is 0 Å². The lowest BCUT2D eigenvalue weighted by Gasteiger charge is -2.13. The van der Waals surface area contributed by atoms with E-state index >= 15 is 0 Å². The molecule has 0 aliphatic heterocycles. The monoisotopic (exact) mass is 501 g/mol. The molecule has 0 bridgehead atoms. The van der Waals surface area contributed by atoms with E-state index in [0.717, 1.165) is 17.3 Å². The molecule has 1 heterocycles. The van der Waals surface area contributed by atoms with Crippen molar-refractivity contribution in [2.24, 2.45) is 5.10 Å². The number of hydrogen-bond acceptors (Lipinski definition) is 7. The molecule has 0 aliphatic rings. The molecule has 0 atom stereocenters. The van der Waals surface area contributed by atoms with Gasteiger partial charge in [0.05, 0.1) is 31.3 Å². The van der Waals surface area contributed by atoms with Crippen LogP contribution < -0.4 is 15.0 Å². The summed E-state index contributed by atoms with van der Waals surface area (Å²) in [6.45, 7) is 1.79. The van der Waals surface area contributed by atoms with Crippen LogP contribution in [0, 0.1) is 0 Å². The van der Waals surface area contributed by atoms with Crippen molar-refractivity contribution in [1.29, 1.82) is 0 Å². The molecule has 2 aromatic carbocycles. The number of nitrogens with zero attached hydrogens (tertiary/aromatic N) is 3. The summed E-state index contributed by atoms with van der Waals surface area (Å²) < 4.78 is 17.7. The number of benzene rings is 2. The molecule has 32 heavy (non-hydrogen) atoms. The average molecular weight is 502 g/mol. The lowest BCUT2D eigenvalue weighted by Crippen LogP contribution is -2.22. The second kappa shape index (κ2) is 10.9. The largest absolute Gasteiger partial charge is 0.493 e. The Kier molecular flexibility index (Phi) is 7.99. The Morgan fingerprint density at radius 2 is 2.06 bits per heavy atom. The highest BCUT2D eigenvalue weighted by molar-refractivity contribution is 9.10. The minimum atomic E-state index is -0.527. The second-order valence-corrected chi connectivity index (χ2v) is 7.81. The van der Waals surface area contributed by atoms with Gasteiger partial charge in [0.2, 0.25) is 0 Å². The highest BCUT2D eigenvalue weighted by Crippen LogP contribution is 2.30. The number of para-hydroxylation sites is 1. The topological polar surface area (TPSA) is 92.0 Å². The molecule has 3 rings (SSSR count). The van der Waals surface area contributed by atoms with E-state index in [1.807, 2.05) is 12.1 Å². The molecule has 0 saturated heterocycles. The van der Waals surface area contributed by atoms with Crippen molar-refractivity contribution >= 4 is 39.0 Å². The van der Waals surface area contributed by atoms with Crippen molar-refractivity contribution in [3.8, 4) is 11.5 Å². The Morgan fingerprint density at radius 3 is 2.78 bits per heavy atom. The summed E-state index contributed by atoms with van der Waals surface area (Å²) in [4.78, 5) is 29.4. The molecule has 0 fully saturated rings. The summed E-state index contributed by atoms with van der Waals surface area (Å²) in [5, 5.41) is 4.90. The predicted octanol–water partition coefficient (Wildman–Crippen LogP) is 3.94. The minimum absolute atomic E-state index is 0.265. The highest BCUT2D eigenvalue weighted by Gasteiger charge is 2.14. The lowest BCUT2D eigenvalue weighted by molar-refractivity contribution is -0.142. The van der Waals surface area contributed by atoms with E-state index in [4.69, 9.17) is 9.47 Å². The molecule has 0 aliphatic carbocycles. The maximum Gasteiger partial charge on any atom is 0.343 e. The summed E-state index contributed by atoms with van der Waals surface area (Å²) in [5.41, 5.74) is 0.897. The van der Waals surface area contributed by atoms with Gasteiger partial charge in [0, 0.05) is 16.5 Å². The third-order valence-electron chi connectivity index (χ3n) is 4.73. The van der Waals surface area contributed by atoms with Crippen LogP contribution in [-0.2, 0) is 16.0 Å². The molecule has 3 aromatic rings. The number of unbranched alkanes of at least 4 members (excludes halogenated alkanes) is 1. The number of carbonyl (C=O) groups excluding carboxylic acids is 1. The highest BCUT2D eigenvalue weighted by atomic mass is 79.9. The Morgan fingerprint density at radius 1 is 1.25 bits per heavy atom. The first-order valence-corrected chi connectivity index (χ1v) is 10.9. The molecule has 168 valence electrons. The Hall–Kier alpha value is -3.20. The van der Waals surface area contributed by atoms with Crippen LogP contribution in [0.4, 0.5) is 0 Å². The Balaban J connectivity index is 2.08. The molecule has 0 unspecified atom stereocenters. The van der Waals surface area contributed by atoms with Crippen LogP contribution in [0.2, 0.25) is 0 Å². The zero-order valence-corrected chi connectivity index (χ0v) is 19.7. The van der Waals surface area contributed by atoms with Gasteiger partial charge in [-0.05, 0) is 36.8 Å². The van der Waals surface area contributed by atoms with Gasteiger partial charge in [0.1, 0.15) is 5.82 Å². The summed E-state index contributed by atoms with van der Waals surface area (Å²) >= 11 is 3.40. The average Bonchev–Trinajstić information content (AvgIpc) is 2.81. The third kappa shape index (κ3) is 5.34. The first-order chi connectivity index (χ1) is 15.5. The smallest absolute Gasteiger partial charge is 0.343 e. The van der Waals surface area contributed by atoms with E-state index in [0.29, 0.717) is 40.2 Å². The van der Waals surface area contributed by atoms with Gasteiger partial charge in [-0.2, -0.15) is 9.78 Å². The number of halogens is 1. The van der Waals surface area contributed by atoms with Crippen molar-refractivity contribution in [2.45, 2.75) is 26.2 Å². The van der Waals surface area contributed by atoms with Crippen molar-refractivity contribution in [3.05, 3.63) is 62.6 Å². The summed E-state index contributed by atoms with van der Waals surface area (Å²) in [5.74, 6) is 0.796. The van der Waals surface area contributed by atoms with Crippen molar-refractivity contribution in [2.75, 3.05) is 20.8 Å². The molecule has 0 radical (unpaired) electrons. The van der Waals surface area contributed by atoms with Crippen LogP contribution in [0.15, 0.2) is 50.8 Å². The molecular weight excluding hydrogens is 478 g/mol. The number of aryl methyl sites for hydroxylation is 1.